The molecule has 8 heteroatoms. The molecular weight excluding hydrogens is 264 g/mol. The Morgan fingerprint density at radius 2 is 2.32 bits per heavy atom. The van der Waals surface area contributed by atoms with Crippen molar-refractivity contribution in [3.63, 3.8) is 0 Å². The molecule has 0 fully saturated rings. The van der Waals surface area contributed by atoms with Crippen LogP contribution in [0.15, 0.2) is 11.6 Å². The van der Waals surface area contributed by atoms with Gasteiger partial charge < -0.3 is 5.73 Å². The Morgan fingerprint density at radius 1 is 1.53 bits per heavy atom. The van der Waals surface area contributed by atoms with Crippen molar-refractivity contribution in [3.05, 3.63) is 23.0 Å². The number of carbonyl (C=O) groups is 1. The number of anilines is 1. The molecule has 0 unspecified atom stereocenters. The van der Waals surface area contributed by atoms with Crippen LogP contribution in [0.25, 0.3) is 0 Å². The number of nitrogens with zero attached hydrogens (tertiary/aromatic N) is 5. The molecule has 19 heavy (non-hydrogen) atoms. The highest BCUT2D eigenvalue weighted by Gasteiger charge is 2.13. The van der Waals surface area contributed by atoms with Crippen molar-refractivity contribution in [2.45, 2.75) is 26.9 Å². The number of hydrogen-bond donors (Lipinski definition) is 1. The van der Waals surface area contributed by atoms with E-state index in [1.807, 2.05) is 12.3 Å². The van der Waals surface area contributed by atoms with Crippen molar-refractivity contribution in [1.29, 1.82) is 0 Å². The van der Waals surface area contributed by atoms with Crippen molar-refractivity contribution in [1.82, 2.24) is 20.0 Å². The molecule has 0 atom stereocenters. The minimum atomic E-state index is -0.00502. The average molecular weight is 280 g/mol. The van der Waals surface area contributed by atoms with E-state index in [-0.39, 0.29) is 5.91 Å². The number of aromatic nitrogens is 4. The second kappa shape index (κ2) is 5.89. The van der Waals surface area contributed by atoms with Crippen molar-refractivity contribution in [2.75, 3.05) is 11.4 Å². The summed E-state index contributed by atoms with van der Waals surface area (Å²) in [6, 6.07) is 0. The number of nitrogens with two attached hydrogens (primary N) is 1. The van der Waals surface area contributed by atoms with Crippen LogP contribution >= 0.6 is 11.3 Å². The van der Waals surface area contributed by atoms with E-state index in [1.165, 1.54) is 18.3 Å². The van der Waals surface area contributed by atoms with Crippen LogP contribution in [-0.2, 0) is 17.9 Å². The molecule has 102 valence electrons. The normalized spacial score (nSPS) is 10.7. The fraction of sp³-hybridized carbons (Fsp3) is 0.455. The van der Waals surface area contributed by atoms with Gasteiger partial charge in [0, 0.05) is 25.4 Å². The monoisotopic (exact) mass is 280 g/mol. The van der Waals surface area contributed by atoms with Gasteiger partial charge in [-0.15, -0.1) is 16.4 Å². The summed E-state index contributed by atoms with van der Waals surface area (Å²) in [4.78, 5) is 17.5. The van der Waals surface area contributed by atoms with Crippen LogP contribution in [0.4, 0.5) is 5.13 Å². The Hall–Kier alpha value is -1.80. The van der Waals surface area contributed by atoms with E-state index in [0.29, 0.717) is 24.8 Å². The largest absolute Gasteiger partial charge is 0.325 e. The predicted molar refractivity (Wildman–Crippen MR) is 72.8 cm³/mol. The minimum Gasteiger partial charge on any atom is -0.325 e. The van der Waals surface area contributed by atoms with Crippen LogP contribution in [0, 0.1) is 0 Å². The first kappa shape index (κ1) is 13.6. The van der Waals surface area contributed by atoms with E-state index >= 15 is 0 Å². The van der Waals surface area contributed by atoms with Gasteiger partial charge in [-0.3, -0.25) is 9.69 Å². The fourth-order valence-corrected chi connectivity index (χ4v) is 2.58. The maximum absolute atomic E-state index is 11.4. The Labute approximate surface area is 115 Å². The van der Waals surface area contributed by atoms with E-state index in [2.05, 4.69) is 15.3 Å². The lowest BCUT2D eigenvalue weighted by Crippen LogP contribution is -2.27. The van der Waals surface area contributed by atoms with Crippen molar-refractivity contribution >= 4 is 22.4 Å². The highest BCUT2D eigenvalue weighted by molar-refractivity contribution is 7.14. The quantitative estimate of drug-likeness (QED) is 0.867. The number of rotatable bonds is 5. The summed E-state index contributed by atoms with van der Waals surface area (Å²) in [5, 5.41) is 10.5. The molecule has 0 aromatic carbocycles. The lowest BCUT2D eigenvalue weighted by atomic mass is 10.4. The van der Waals surface area contributed by atoms with Gasteiger partial charge in [-0.05, 0) is 6.92 Å². The van der Waals surface area contributed by atoms with E-state index in [9.17, 15) is 4.79 Å². The van der Waals surface area contributed by atoms with Crippen molar-refractivity contribution < 1.29 is 4.79 Å². The zero-order chi connectivity index (χ0) is 13.8. The highest BCUT2D eigenvalue weighted by Crippen LogP contribution is 2.20. The standard InChI is InChI=1S/C11H16N6OS/c1-3-17(8(2)18)11-13-10(7-19-11)6-16-5-9(4-12)14-15-16/h5,7H,3-4,6,12H2,1-2H3. The fourth-order valence-electron chi connectivity index (χ4n) is 1.66. The van der Waals surface area contributed by atoms with Crippen molar-refractivity contribution in [2.24, 2.45) is 5.73 Å². The topological polar surface area (TPSA) is 89.9 Å². The third-order valence-corrected chi connectivity index (χ3v) is 3.50. The Kier molecular flexibility index (Phi) is 4.23. The molecule has 1 amide bonds. The Balaban J connectivity index is 2.10. The van der Waals surface area contributed by atoms with Gasteiger partial charge >= 0.3 is 0 Å². The summed E-state index contributed by atoms with van der Waals surface area (Å²) in [7, 11) is 0. The first-order valence-electron chi connectivity index (χ1n) is 5.95. The second-order valence-electron chi connectivity index (χ2n) is 4.00. The Morgan fingerprint density at radius 3 is 2.89 bits per heavy atom. The molecule has 0 saturated carbocycles. The van der Waals surface area contributed by atoms with E-state index < -0.39 is 0 Å². The van der Waals surface area contributed by atoms with Crippen LogP contribution in [0.5, 0.6) is 0 Å². The van der Waals surface area contributed by atoms with Crippen LogP contribution in [0.3, 0.4) is 0 Å². The predicted octanol–water partition coefficient (Wildman–Crippen LogP) is 0.614. The maximum Gasteiger partial charge on any atom is 0.225 e. The molecule has 0 spiro atoms. The summed E-state index contributed by atoms with van der Waals surface area (Å²) >= 11 is 1.45. The van der Waals surface area contributed by atoms with Gasteiger partial charge in [0.2, 0.25) is 5.91 Å². The number of hydrogen-bond acceptors (Lipinski definition) is 6. The summed E-state index contributed by atoms with van der Waals surface area (Å²) in [5.74, 6) is -0.00502. The van der Waals surface area contributed by atoms with Crippen LogP contribution in [0.2, 0.25) is 0 Å². The molecular formula is C11H16N6OS. The summed E-state index contributed by atoms with van der Waals surface area (Å²) < 4.78 is 1.69. The van der Waals surface area contributed by atoms with Crippen molar-refractivity contribution in [3.8, 4) is 0 Å². The number of thiazole rings is 1. The average Bonchev–Trinajstić information content (AvgIpc) is 3.00. The van der Waals surface area contributed by atoms with Crippen LogP contribution in [0.1, 0.15) is 25.2 Å². The van der Waals surface area contributed by atoms with E-state index in [1.54, 1.807) is 15.8 Å². The molecule has 0 aliphatic rings. The number of amides is 1. The van der Waals surface area contributed by atoms with Gasteiger partial charge in [-0.2, -0.15) is 0 Å². The van der Waals surface area contributed by atoms with Crippen LogP contribution < -0.4 is 10.6 Å². The minimum absolute atomic E-state index is 0.00502. The summed E-state index contributed by atoms with van der Waals surface area (Å²) in [5.41, 5.74) is 7.08. The molecule has 2 heterocycles. The third kappa shape index (κ3) is 3.15. The lowest BCUT2D eigenvalue weighted by Gasteiger charge is -2.14. The molecule has 0 radical (unpaired) electrons. The maximum atomic E-state index is 11.4. The van der Waals surface area contributed by atoms with E-state index in [4.69, 9.17) is 5.73 Å². The second-order valence-corrected chi connectivity index (χ2v) is 4.83. The molecule has 2 N–H and O–H groups in total. The molecule has 2 aromatic heterocycles. The first-order valence-corrected chi connectivity index (χ1v) is 6.83. The Bertz CT molecular complexity index is 563. The van der Waals surface area contributed by atoms with Gasteiger partial charge in [-0.25, -0.2) is 9.67 Å². The van der Waals surface area contributed by atoms with Gasteiger partial charge in [0.1, 0.15) is 0 Å². The molecule has 2 rings (SSSR count). The summed E-state index contributed by atoms with van der Waals surface area (Å²) in [6.45, 7) is 4.97. The third-order valence-electron chi connectivity index (χ3n) is 2.59. The molecule has 0 saturated heterocycles. The van der Waals surface area contributed by atoms with E-state index in [0.717, 1.165) is 11.4 Å². The van der Waals surface area contributed by atoms with Gasteiger partial charge in [-0.1, -0.05) is 5.21 Å². The van der Waals surface area contributed by atoms with Gasteiger partial charge in [0.15, 0.2) is 5.13 Å². The SMILES string of the molecule is CCN(C(C)=O)c1nc(Cn2cc(CN)nn2)cs1. The first-order chi connectivity index (χ1) is 9.13. The molecule has 2 aromatic rings. The van der Waals surface area contributed by atoms with Gasteiger partial charge in [0.25, 0.3) is 0 Å². The smallest absolute Gasteiger partial charge is 0.225 e. The molecule has 0 aliphatic heterocycles. The number of carbonyl (C=O) groups excluding carboxylic acids is 1. The highest BCUT2D eigenvalue weighted by atomic mass is 32.1. The molecule has 0 aliphatic carbocycles. The zero-order valence-electron chi connectivity index (χ0n) is 10.9. The molecule has 0 bridgehead atoms. The van der Waals surface area contributed by atoms with Crippen LogP contribution in [-0.4, -0.2) is 32.4 Å². The molecule has 7 nitrogen and oxygen atoms in total. The van der Waals surface area contributed by atoms with Gasteiger partial charge in [0.05, 0.1) is 24.1 Å². The lowest BCUT2D eigenvalue weighted by molar-refractivity contribution is -0.116. The summed E-state index contributed by atoms with van der Waals surface area (Å²) in [6.07, 6.45) is 1.79. The zero-order valence-corrected chi connectivity index (χ0v) is 11.7.